The molecular formula is C31H30N4O5S. The smallest absolute Gasteiger partial charge is 0.338 e. The van der Waals surface area contributed by atoms with Crippen molar-refractivity contribution in [3.8, 4) is 6.07 Å². The summed E-state index contributed by atoms with van der Waals surface area (Å²) in [6.07, 6.45) is 2.38. The normalized spacial score (nSPS) is 14.6. The van der Waals surface area contributed by atoms with Crippen LogP contribution in [0, 0.1) is 11.3 Å². The van der Waals surface area contributed by atoms with Gasteiger partial charge in [-0.2, -0.15) is 5.26 Å². The number of anilines is 2. The summed E-state index contributed by atoms with van der Waals surface area (Å²) in [6.45, 7) is 5.82. The minimum Gasteiger partial charge on any atom is -0.468 e. The third-order valence-corrected chi connectivity index (χ3v) is 7.38. The quantitative estimate of drug-likeness (QED) is 0.263. The van der Waals surface area contributed by atoms with Crippen molar-refractivity contribution in [2.75, 3.05) is 23.0 Å². The Morgan fingerprint density at radius 3 is 2.32 bits per heavy atom. The molecule has 0 bridgehead atoms. The molecule has 210 valence electrons. The number of aryl methyl sites for hydroxylation is 1. The molecule has 2 aromatic carbocycles. The zero-order valence-corrected chi connectivity index (χ0v) is 23.8. The van der Waals surface area contributed by atoms with Gasteiger partial charge in [-0.15, -0.1) is 0 Å². The number of hydrogen-bond donors (Lipinski definition) is 3. The number of allylic oxidation sites excluding steroid dienone is 2. The Balaban J connectivity index is 1.50. The summed E-state index contributed by atoms with van der Waals surface area (Å²) in [6, 6.07) is 19.6. The van der Waals surface area contributed by atoms with E-state index in [1.54, 1.807) is 50.2 Å². The van der Waals surface area contributed by atoms with Crippen molar-refractivity contribution in [3.63, 3.8) is 0 Å². The van der Waals surface area contributed by atoms with Gasteiger partial charge in [0.1, 0.15) is 5.76 Å². The van der Waals surface area contributed by atoms with Crippen LogP contribution in [0.4, 0.5) is 11.4 Å². The molecule has 10 heteroatoms. The Morgan fingerprint density at radius 1 is 1.02 bits per heavy atom. The van der Waals surface area contributed by atoms with Crippen molar-refractivity contribution < 1.29 is 23.5 Å². The molecule has 1 aromatic heterocycles. The minimum atomic E-state index is -0.757. The first kappa shape index (κ1) is 29.2. The summed E-state index contributed by atoms with van der Waals surface area (Å²) >= 11 is 1.15. The summed E-state index contributed by atoms with van der Waals surface area (Å²) in [5.41, 5.74) is 3.87. The van der Waals surface area contributed by atoms with Crippen molar-refractivity contribution in [2.45, 2.75) is 33.1 Å². The number of furan rings is 1. The lowest BCUT2D eigenvalue weighted by Crippen LogP contribution is -2.31. The summed E-state index contributed by atoms with van der Waals surface area (Å²) in [4.78, 5) is 38.1. The molecule has 3 aromatic rings. The van der Waals surface area contributed by atoms with E-state index in [1.807, 2.05) is 24.3 Å². The fourth-order valence-electron chi connectivity index (χ4n) is 4.33. The zero-order valence-electron chi connectivity index (χ0n) is 22.9. The number of benzene rings is 2. The molecule has 0 aliphatic carbocycles. The predicted molar refractivity (Wildman–Crippen MR) is 158 cm³/mol. The van der Waals surface area contributed by atoms with Crippen molar-refractivity contribution in [1.82, 2.24) is 5.32 Å². The van der Waals surface area contributed by atoms with Gasteiger partial charge in [0.15, 0.2) is 0 Å². The van der Waals surface area contributed by atoms with E-state index < -0.39 is 11.9 Å². The fraction of sp³-hybridized carbons (Fsp3) is 0.226. The highest BCUT2D eigenvalue weighted by atomic mass is 32.2. The maximum atomic E-state index is 13.5. The number of dihydropyridines is 1. The summed E-state index contributed by atoms with van der Waals surface area (Å²) in [7, 11) is 0. The number of thioether (sulfide) groups is 1. The second-order valence-corrected chi connectivity index (χ2v) is 10.1. The van der Waals surface area contributed by atoms with Gasteiger partial charge in [-0.3, -0.25) is 9.59 Å². The van der Waals surface area contributed by atoms with Gasteiger partial charge in [-0.25, -0.2) is 4.79 Å². The first-order valence-electron chi connectivity index (χ1n) is 13.1. The molecular weight excluding hydrogens is 540 g/mol. The van der Waals surface area contributed by atoms with Gasteiger partial charge in [0.05, 0.1) is 52.3 Å². The van der Waals surface area contributed by atoms with Crippen LogP contribution in [0.2, 0.25) is 0 Å². The van der Waals surface area contributed by atoms with Crippen molar-refractivity contribution in [1.29, 1.82) is 5.26 Å². The number of carbonyl (C=O) groups is 3. The first-order chi connectivity index (χ1) is 19.8. The molecule has 9 nitrogen and oxygen atoms in total. The maximum absolute atomic E-state index is 13.5. The Hall–Kier alpha value is -4.75. The van der Waals surface area contributed by atoms with Crippen molar-refractivity contribution >= 4 is 40.9 Å². The van der Waals surface area contributed by atoms with Gasteiger partial charge in [-0.1, -0.05) is 30.8 Å². The third kappa shape index (κ3) is 7.07. The molecule has 0 fully saturated rings. The van der Waals surface area contributed by atoms with Crippen LogP contribution in [0.15, 0.2) is 93.2 Å². The van der Waals surface area contributed by atoms with Crippen LogP contribution < -0.4 is 16.0 Å². The highest BCUT2D eigenvalue weighted by Gasteiger charge is 2.36. The number of rotatable bonds is 10. The van der Waals surface area contributed by atoms with E-state index >= 15 is 0 Å². The van der Waals surface area contributed by atoms with Crippen LogP contribution in [0.5, 0.6) is 0 Å². The van der Waals surface area contributed by atoms with E-state index in [2.05, 4.69) is 28.9 Å². The number of nitriles is 1. The molecule has 3 N–H and O–H groups in total. The summed E-state index contributed by atoms with van der Waals surface area (Å²) in [5.74, 6) is -1.42. The number of nitrogens with zero attached hydrogens (tertiary/aromatic N) is 1. The predicted octanol–water partition coefficient (Wildman–Crippen LogP) is 5.73. The lowest BCUT2D eigenvalue weighted by atomic mass is 9.85. The van der Waals surface area contributed by atoms with E-state index in [-0.39, 0.29) is 29.7 Å². The largest absolute Gasteiger partial charge is 0.468 e. The van der Waals surface area contributed by atoms with Crippen LogP contribution in [0.25, 0.3) is 0 Å². The van der Waals surface area contributed by atoms with Crippen molar-refractivity contribution in [2.24, 2.45) is 0 Å². The molecule has 1 atom stereocenters. The average Bonchev–Trinajstić information content (AvgIpc) is 3.51. The van der Waals surface area contributed by atoms with E-state index in [9.17, 15) is 19.6 Å². The number of hydrogen-bond acceptors (Lipinski definition) is 8. The molecule has 0 radical (unpaired) electrons. The maximum Gasteiger partial charge on any atom is 0.338 e. The lowest BCUT2D eigenvalue weighted by Gasteiger charge is -2.28. The molecule has 2 heterocycles. The molecule has 0 saturated carbocycles. The van der Waals surface area contributed by atoms with E-state index in [4.69, 9.17) is 9.15 Å². The van der Waals surface area contributed by atoms with Gasteiger partial charge < -0.3 is 25.1 Å². The number of ether oxygens (including phenoxy) is 1. The van der Waals surface area contributed by atoms with Crippen LogP contribution in [0.3, 0.4) is 0 Å². The highest BCUT2D eigenvalue weighted by Crippen LogP contribution is 2.41. The van der Waals surface area contributed by atoms with Crippen LogP contribution in [-0.2, 0) is 20.7 Å². The molecule has 0 saturated heterocycles. The third-order valence-electron chi connectivity index (χ3n) is 6.37. The first-order valence-corrected chi connectivity index (χ1v) is 14.1. The van der Waals surface area contributed by atoms with Gasteiger partial charge in [0.2, 0.25) is 5.91 Å². The monoisotopic (exact) mass is 570 g/mol. The van der Waals surface area contributed by atoms with Gasteiger partial charge in [0.25, 0.3) is 5.91 Å². The molecule has 1 aliphatic rings. The SMILES string of the molecule is CCOC(=O)c1ccc(NC(=O)CSC2=C(C#N)[C@H](c3ccco3)C(C(=O)Nc3ccc(CC)cc3)=C(C)N2)cc1. The second kappa shape index (κ2) is 13.5. The van der Waals surface area contributed by atoms with Gasteiger partial charge in [0, 0.05) is 17.1 Å². The van der Waals surface area contributed by atoms with Crippen molar-refractivity contribution in [3.05, 3.63) is 106 Å². The highest BCUT2D eigenvalue weighted by molar-refractivity contribution is 8.03. The van der Waals surface area contributed by atoms with Gasteiger partial charge >= 0.3 is 5.97 Å². The number of nitrogens with one attached hydrogen (secondary N) is 3. The Kier molecular flexibility index (Phi) is 9.66. The molecule has 4 rings (SSSR count). The van der Waals surface area contributed by atoms with Crippen LogP contribution in [0.1, 0.15) is 48.4 Å². The summed E-state index contributed by atoms with van der Waals surface area (Å²) in [5, 5.41) is 19.5. The van der Waals surface area contributed by atoms with E-state index in [1.165, 1.54) is 6.26 Å². The van der Waals surface area contributed by atoms with E-state index in [0.29, 0.717) is 39.0 Å². The van der Waals surface area contributed by atoms with Crippen LogP contribution in [-0.4, -0.2) is 30.1 Å². The molecule has 41 heavy (non-hydrogen) atoms. The van der Waals surface area contributed by atoms with Crippen LogP contribution >= 0.6 is 11.8 Å². The molecule has 2 amide bonds. The Morgan fingerprint density at radius 2 is 1.71 bits per heavy atom. The molecule has 0 spiro atoms. The number of amides is 2. The topological polar surface area (TPSA) is 133 Å². The standard InChI is InChI=1S/C31H30N4O5S/c1-4-20-8-12-23(13-9-20)35-29(37)27-19(3)33-30(24(17-32)28(27)25-7-6-16-40-25)41-18-26(36)34-22-14-10-21(11-15-22)31(38)39-5-2/h6-16,28,33H,4-5,18H2,1-3H3,(H,34,36)(H,35,37)/t28-/m1/s1. The lowest BCUT2D eigenvalue weighted by molar-refractivity contribution is -0.114. The number of carbonyl (C=O) groups excluding carboxylic acids is 3. The minimum absolute atomic E-state index is 0.00337. The molecule has 0 unspecified atom stereocenters. The van der Waals surface area contributed by atoms with Gasteiger partial charge in [-0.05, 0) is 74.4 Å². The Bertz CT molecular complexity index is 1520. The Labute approximate surface area is 242 Å². The average molecular weight is 571 g/mol. The number of esters is 1. The summed E-state index contributed by atoms with van der Waals surface area (Å²) < 4.78 is 10.6. The van der Waals surface area contributed by atoms with E-state index in [0.717, 1.165) is 23.7 Å². The zero-order chi connectivity index (χ0) is 29.4. The fourth-order valence-corrected chi connectivity index (χ4v) is 5.22. The molecule has 1 aliphatic heterocycles. The second-order valence-electron chi connectivity index (χ2n) is 9.11.